The largest absolute Gasteiger partial charge is 0.346 e. The number of hydrogen-bond acceptors (Lipinski definition) is 2. The zero-order valence-corrected chi connectivity index (χ0v) is 9.41. The van der Waals surface area contributed by atoms with E-state index in [2.05, 4.69) is 21.2 Å². The molecule has 0 radical (unpaired) electrons. The highest BCUT2D eigenvalue weighted by atomic mass is 79.9. The van der Waals surface area contributed by atoms with Crippen LogP contribution >= 0.6 is 15.9 Å². The van der Waals surface area contributed by atoms with E-state index in [0.717, 1.165) is 10.9 Å². The highest BCUT2D eigenvalue weighted by Crippen LogP contribution is 2.19. The number of nitrogens with zero attached hydrogens (tertiary/aromatic N) is 1. The monoisotopic (exact) mass is 257 g/mol. The summed E-state index contributed by atoms with van der Waals surface area (Å²) in [5.74, 6) is -0.0591. The van der Waals surface area contributed by atoms with Crippen molar-refractivity contribution in [1.82, 2.24) is 9.88 Å². The number of rotatable bonds is 2. The van der Waals surface area contributed by atoms with Crippen LogP contribution in [-0.2, 0) is 7.05 Å². The molecule has 2 rings (SSSR count). The fourth-order valence-electron chi connectivity index (χ4n) is 1.37. The second-order valence-electron chi connectivity index (χ2n) is 3.63. The fourth-order valence-corrected chi connectivity index (χ4v) is 1.90. The van der Waals surface area contributed by atoms with Gasteiger partial charge in [-0.3, -0.25) is 4.79 Å². The summed E-state index contributed by atoms with van der Waals surface area (Å²) < 4.78 is 2.69. The number of nitrogens with two attached hydrogens (primary N) is 1. The van der Waals surface area contributed by atoms with E-state index in [1.54, 1.807) is 10.6 Å². The Morgan fingerprint density at radius 1 is 1.79 bits per heavy atom. The first-order chi connectivity index (χ1) is 6.58. The minimum Gasteiger partial charge on any atom is -0.346 e. The second-order valence-corrected chi connectivity index (χ2v) is 4.55. The van der Waals surface area contributed by atoms with Gasteiger partial charge in [0.05, 0.1) is 0 Å². The highest BCUT2D eigenvalue weighted by Gasteiger charge is 2.35. The van der Waals surface area contributed by atoms with Crippen molar-refractivity contribution in [3.63, 3.8) is 0 Å². The predicted molar refractivity (Wildman–Crippen MR) is 57.0 cm³/mol. The first kappa shape index (κ1) is 9.73. The molecule has 1 amide bonds. The molecule has 1 aliphatic rings. The molecule has 2 unspecified atom stereocenters. The maximum Gasteiger partial charge on any atom is 0.268 e. The van der Waals surface area contributed by atoms with Crippen LogP contribution in [0.1, 0.15) is 16.9 Å². The Kier molecular flexibility index (Phi) is 2.36. The van der Waals surface area contributed by atoms with Gasteiger partial charge in [-0.2, -0.15) is 0 Å². The fraction of sp³-hybridized carbons (Fsp3) is 0.444. The topological polar surface area (TPSA) is 60.0 Å². The summed E-state index contributed by atoms with van der Waals surface area (Å²) in [5.41, 5.74) is 6.25. The molecule has 1 heterocycles. The maximum absolute atomic E-state index is 11.7. The smallest absolute Gasteiger partial charge is 0.268 e. The number of carbonyl (C=O) groups is 1. The summed E-state index contributed by atoms with van der Waals surface area (Å²) in [6.07, 6.45) is 2.74. The van der Waals surface area contributed by atoms with Gasteiger partial charge in [-0.05, 0) is 28.4 Å². The van der Waals surface area contributed by atoms with Crippen LogP contribution < -0.4 is 11.1 Å². The van der Waals surface area contributed by atoms with Gasteiger partial charge in [-0.25, -0.2) is 0 Å². The molecular formula is C9H12BrN3O. The van der Waals surface area contributed by atoms with E-state index in [4.69, 9.17) is 5.73 Å². The summed E-state index contributed by atoms with van der Waals surface area (Å²) >= 11 is 3.32. The molecule has 2 atom stereocenters. The van der Waals surface area contributed by atoms with Gasteiger partial charge in [0.2, 0.25) is 0 Å². The van der Waals surface area contributed by atoms with E-state index in [1.165, 1.54) is 0 Å². The number of aromatic nitrogens is 1. The van der Waals surface area contributed by atoms with Gasteiger partial charge in [0.25, 0.3) is 5.91 Å². The second kappa shape index (κ2) is 3.40. The van der Waals surface area contributed by atoms with Crippen LogP contribution in [0.2, 0.25) is 0 Å². The molecular weight excluding hydrogens is 246 g/mol. The Balaban J connectivity index is 2.07. The van der Waals surface area contributed by atoms with Crippen molar-refractivity contribution in [2.24, 2.45) is 12.8 Å². The van der Waals surface area contributed by atoms with Gasteiger partial charge in [-0.15, -0.1) is 0 Å². The number of halogens is 1. The average Bonchev–Trinajstić information content (AvgIpc) is 2.64. The van der Waals surface area contributed by atoms with Gasteiger partial charge < -0.3 is 15.6 Å². The molecule has 0 saturated heterocycles. The zero-order chi connectivity index (χ0) is 10.3. The minimum atomic E-state index is -0.0591. The summed E-state index contributed by atoms with van der Waals surface area (Å²) in [5, 5.41) is 2.87. The van der Waals surface area contributed by atoms with Gasteiger partial charge in [0.15, 0.2) is 0 Å². The van der Waals surface area contributed by atoms with Crippen molar-refractivity contribution in [2.45, 2.75) is 18.5 Å². The third-order valence-corrected chi connectivity index (χ3v) is 2.79. The number of aryl methyl sites for hydroxylation is 1. The zero-order valence-electron chi connectivity index (χ0n) is 7.83. The highest BCUT2D eigenvalue weighted by molar-refractivity contribution is 9.10. The minimum absolute atomic E-state index is 0.0591. The third-order valence-electron chi connectivity index (χ3n) is 2.36. The van der Waals surface area contributed by atoms with Gasteiger partial charge >= 0.3 is 0 Å². The molecule has 1 aliphatic carbocycles. The van der Waals surface area contributed by atoms with E-state index in [0.29, 0.717) is 5.69 Å². The standard InChI is InChI=1S/C9H12BrN3O/c1-13-4-5(10)2-8(13)9(14)12-7-3-6(7)11/h2,4,6-7H,3,11H2,1H3,(H,12,14). The van der Waals surface area contributed by atoms with Crippen molar-refractivity contribution in [1.29, 1.82) is 0 Å². The number of nitrogens with one attached hydrogen (secondary N) is 1. The lowest BCUT2D eigenvalue weighted by atomic mass is 10.4. The quantitative estimate of drug-likeness (QED) is 0.816. The van der Waals surface area contributed by atoms with E-state index in [9.17, 15) is 4.79 Å². The van der Waals surface area contributed by atoms with E-state index in [1.807, 2.05) is 13.2 Å². The molecule has 0 spiro atoms. The molecule has 3 N–H and O–H groups in total. The molecule has 5 heteroatoms. The third kappa shape index (κ3) is 1.83. The lowest BCUT2D eigenvalue weighted by Crippen LogP contribution is -2.30. The van der Waals surface area contributed by atoms with Crippen LogP contribution in [-0.4, -0.2) is 22.6 Å². The van der Waals surface area contributed by atoms with Crippen molar-refractivity contribution in [3.8, 4) is 0 Å². The molecule has 0 aromatic carbocycles. The van der Waals surface area contributed by atoms with Crippen LogP contribution in [0.5, 0.6) is 0 Å². The van der Waals surface area contributed by atoms with Crippen LogP contribution in [0.25, 0.3) is 0 Å². The molecule has 1 saturated carbocycles. The number of amides is 1. The summed E-state index contributed by atoms with van der Waals surface area (Å²) in [6.45, 7) is 0. The molecule has 4 nitrogen and oxygen atoms in total. The van der Waals surface area contributed by atoms with E-state index in [-0.39, 0.29) is 18.0 Å². The Hall–Kier alpha value is -0.810. The average molecular weight is 258 g/mol. The summed E-state index contributed by atoms with van der Waals surface area (Å²) in [4.78, 5) is 11.7. The van der Waals surface area contributed by atoms with Crippen molar-refractivity contribution >= 4 is 21.8 Å². The Morgan fingerprint density at radius 2 is 2.43 bits per heavy atom. The molecule has 14 heavy (non-hydrogen) atoms. The lowest BCUT2D eigenvalue weighted by Gasteiger charge is -2.03. The molecule has 1 fully saturated rings. The Morgan fingerprint density at radius 3 is 2.86 bits per heavy atom. The first-order valence-corrected chi connectivity index (χ1v) is 5.25. The van der Waals surface area contributed by atoms with Crippen molar-refractivity contribution in [2.75, 3.05) is 0 Å². The van der Waals surface area contributed by atoms with Gasteiger partial charge in [0, 0.05) is 29.8 Å². The van der Waals surface area contributed by atoms with Crippen molar-refractivity contribution < 1.29 is 4.79 Å². The lowest BCUT2D eigenvalue weighted by molar-refractivity contribution is 0.0942. The SMILES string of the molecule is Cn1cc(Br)cc1C(=O)NC1CC1N. The Bertz CT molecular complexity index is 374. The molecule has 76 valence electrons. The molecule has 1 aromatic rings. The first-order valence-electron chi connectivity index (χ1n) is 4.46. The van der Waals surface area contributed by atoms with Crippen LogP contribution in [0.3, 0.4) is 0 Å². The Labute approximate surface area is 90.6 Å². The number of hydrogen-bond donors (Lipinski definition) is 2. The molecule has 0 bridgehead atoms. The van der Waals surface area contributed by atoms with Crippen LogP contribution in [0, 0.1) is 0 Å². The molecule has 0 aliphatic heterocycles. The predicted octanol–water partition coefficient (Wildman–Crippen LogP) is 0.617. The van der Waals surface area contributed by atoms with Gasteiger partial charge in [0.1, 0.15) is 5.69 Å². The van der Waals surface area contributed by atoms with Crippen LogP contribution in [0.4, 0.5) is 0 Å². The number of carbonyl (C=O) groups excluding carboxylic acids is 1. The van der Waals surface area contributed by atoms with Crippen LogP contribution in [0.15, 0.2) is 16.7 Å². The molecule has 1 aromatic heterocycles. The normalized spacial score (nSPS) is 24.8. The van der Waals surface area contributed by atoms with Crippen molar-refractivity contribution in [3.05, 3.63) is 22.4 Å². The maximum atomic E-state index is 11.7. The van der Waals surface area contributed by atoms with E-state index >= 15 is 0 Å². The van der Waals surface area contributed by atoms with E-state index < -0.39 is 0 Å². The summed E-state index contributed by atoms with van der Waals surface area (Å²) in [7, 11) is 1.84. The summed E-state index contributed by atoms with van der Waals surface area (Å²) in [6, 6.07) is 2.10. The van der Waals surface area contributed by atoms with Gasteiger partial charge in [-0.1, -0.05) is 0 Å².